The second-order valence-corrected chi connectivity index (χ2v) is 4.05. The number of nitrogens with zero attached hydrogens (tertiary/aromatic N) is 1. The Morgan fingerprint density at radius 1 is 1.56 bits per heavy atom. The highest BCUT2D eigenvalue weighted by atomic mass is 32.1. The molecule has 16 heavy (non-hydrogen) atoms. The van der Waals surface area contributed by atoms with Crippen molar-refractivity contribution >= 4 is 23.2 Å². The molecule has 0 spiro atoms. The summed E-state index contributed by atoms with van der Waals surface area (Å²) in [6.07, 6.45) is 2.55. The van der Waals surface area contributed by atoms with Gasteiger partial charge in [0.1, 0.15) is 0 Å². The number of carboxylic acids is 1. The van der Waals surface area contributed by atoms with Crippen LogP contribution in [-0.2, 0) is 6.42 Å². The maximum absolute atomic E-state index is 10.5. The normalized spacial score (nSPS) is 10.2. The smallest absolute Gasteiger partial charge is 0.371 e. The lowest BCUT2D eigenvalue weighted by Gasteiger charge is -1.99. The number of carboxylic acid groups (broad SMARTS) is 1. The first-order valence-electron chi connectivity index (χ1n) is 4.71. The summed E-state index contributed by atoms with van der Waals surface area (Å²) >= 11 is 1.59. The molecule has 0 radical (unpaired) electrons. The molecule has 0 unspecified atom stereocenters. The van der Waals surface area contributed by atoms with Crippen molar-refractivity contribution in [3.8, 4) is 0 Å². The van der Waals surface area contributed by atoms with E-state index in [1.165, 1.54) is 6.07 Å². The quantitative estimate of drug-likeness (QED) is 0.834. The van der Waals surface area contributed by atoms with Crippen molar-refractivity contribution in [2.75, 3.05) is 11.9 Å². The van der Waals surface area contributed by atoms with E-state index in [0.717, 1.165) is 11.4 Å². The van der Waals surface area contributed by atoms with Gasteiger partial charge in [-0.05, 0) is 6.07 Å². The first-order chi connectivity index (χ1) is 7.75. The van der Waals surface area contributed by atoms with Gasteiger partial charge in [-0.1, -0.05) is 0 Å². The highest BCUT2D eigenvalue weighted by Gasteiger charge is 2.08. The lowest BCUT2D eigenvalue weighted by Crippen LogP contribution is -2.03. The van der Waals surface area contributed by atoms with Gasteiger partial charge in [-0.3, -0.25) is 0 Å². The highest BCUT2D eigenvalue weighted by molar-refractivity contribution is 7.09. The van der Waals surface area contributed by atoms with E-state index in [4.69, 9.17) is 9.52 Å². The topological polar surface area (TPSA) is 75.4 Å². The second-order valence-electron chi connectivity index (χ2n) is 3.07. The second kappa shape index (κ2) is 4.80. The fourth-order valence-corrected chi connectivity index (χ4v) is 1.84. The molecule has 2 aromatic rings. The largest absolute Gasteiger partial charge is 0.475 e. The van der Waals surface area contributed by atoms with Gasteiger partial charge in [0.2, 0.25) is 5.76 Å². The lowest BCUT2D eigenvalue weighted by atomic mass is 10.4. The predicted molar refractivity (Wildman–Crippen MR) is 60.0 cm³/mol. The zero-order valence-electron chi connectivity index (χ0n) is 8.34. The van der Waals surface area contributed by atoms with Crippen LogP contribution in [0.1, 0.15) is 15.6 Å². The molecule has 0 saturated carbocycles. The number of anilines is 1. The summed E-state index contributed by atoms with van der Waals surface area (Å²) < 4.78 is 5.04. The van der Waals surface area contributed by atoms with Crippen molar-refractivity contribution < 1.29 is 14.3 Å². The van der Waals surface area contributed by atoms with E-state index >= 15 is 0 Å². The molecule has 0 aliphatic rings. The van der Waals surface area contributed by atoms with Gasteiger partial charge in [-0.25, -0.2) is 9.78 Å². The minimum atomic E-state index is -1.06. The third-order valence-electron chi connectivity index (χ3n) is 1.94. The van der Waals surface area contributed by atoms with Crippen LogP contribution in [0.15, 0.2) is 28.1 Å². The number of hydrogen-bond donors (Lipinski definition) is 2. The fraction of sp³-hybridized carbons (Fsp3) is 0.200. The molecule has 0 aromatic carbocycles. The van der Waals surface area contributed by atoms with E-state index in [-0.39, 0.29) is 5.76 Å². The Kier molecular flexibility index (Phi) is 3.21. The molecular formula is C10H10N2O3S. The number of aromatic nitrogens is 1. The Labute approximate surface area is 95.7 Å². The third kappa shape index (κ3) is 2.60. The van der Waals surface area contributed by atoms with Gasteiger partial charge >= 0.3 is 5.97 Å². The van der Waals surface area contributed by atoms with E-state index in [1.807, 2.05) is 5.38 Å². The third-order valence-corrected chi connectivity index (χ3v) is 2.78. The maximum Gasteiger partial charge on any atom is 0.371 e. The number of carbonyl (C=O) groups is 1. The first kappa shape index (κ1) is 10.7. The Morgan fingerprint density at radius 3 is 3.06 bits per heavy atom. The van der Waals surface area contributed by atoms with Gasteiger partial charge in [0.25, 0.3) is 0 Å². The van der Waals surface area contributed by atoms with Gasteiger partial charge < -0.3 is 14.8 Å². The van der Waals surface area contributed by atoms with E-state index in [2.05, 4.69) is 10.3 Å². The number of hydrogen-bond acceptors (Lipinski definition) is 5. The zero-order valence-corrected chi connectivity index (χ0v) is 9.16. The molecule has 0 aliphatic carbocycles. The standard InChI is InChI=1S/C10H10N2O3S/c13-10(14)7-1-2-8(15-7)11-4-3-9-12-5-6-16-9/h1-2,5-6,11H,3-4H2,(H,13,14). The van der Waals surface area contributed by atoms with Crippen LogP contribution >= 0.6 is 11.3 Å². The van der Waals surface area contributed by atoms with E-state index in [0.29, 0.717) is 12.4 Å². The van der Waals surface area contributed by atoms with Crippen LogP contribution in [0.25, 0.3) is 0 Å². The maximum atomic E-state index is 10.5. The van der Waals surface area contributed by atoms with Crippen LogP contribution < -0.4 is 5.32 Å². The molecule has 2 N–H and O–H groups in total. The minimum absolute atomic E-state index is 0.0586. The summed E-state index contributed by atoms with van der Waals surface area (Å²) in [4.78, 5) is 14.7. The SMILES string of the molecule is O=C(O)c1ccc(NCCc2nccs2)o1. The lowest BCUT2D eigenvalue weighted by molar-refractivity contribution is 0.0663. The molecule has 0 amide bonds. The van der Waals surface area contributed by atoms with Crippen molar-refractivity contribution in [2.24, 2.45) is 0 Å². The van der Waals surface area contributed by atoms with Crippen LogP contribution in [0.5, 0.6) is 0 Å². The summed E-state index contributed by atoms with van der Waals surface area (Å²) in [5.41, 5.74) is 0. The summed E-state index contributed by atoms with van der Waals surface area (Å²) in [7, 11) is 0. The molecule has 84 valence electrons. The molecule has 0 atom stereocenters. The Hall–Kier alpha value is -1.82. The van der Waals surface area contributed by atoms with Gasteiger partial charge in [0, 0.05) is 30.6 Å². The molecule has 6 heteroatoms. The molecule has 0 aliphatic heterocycles. The summed E-state index contributed by atoms with van der Waals surface area (Å²) in [6.45, 7) is 0.667. The summed E-state index contributed by atoms with van der Waals surface area (Å²) in [5, 5.41) is 14.6. The average Bonchev–Trinajstić information content (AvgIpc) is 2.87. The molecule has 0 bridgehead atoms. The van der Waals surface area contributed by atoms with E-state index < -0.39 is 5.97 Å². The van der Waals surface area contributed by atoms with Gasteiger partial charge in [0.15, 0.2) is 5.88 Å². The molecule has 0 fully saturated rings. The molecule has 0 saturated heterocycles. The predicted octanol–water partition coefficient (Wildman–Crippen LogP) is 2.09. The van der Waals surface area contributed by atoms with Crippen molar-refractivity contribution in [3.05, 3.63) is 34.5 Å². The first-order valence-corrected chi connectivity index (χ1v) is 5.59. The van der Waals surface area contributed by atoms with Crippen molar-refractivity contribution in [1.29, 1.82) is 0 Å². The van der Waals surface area contributed by atoms with Crippen molar-refractivity contribution in [1.82, 2.24) is 4.98 Å². The monoisotopic (exact) mass is 238 g/mol. The summed E-state index contributed by atoms with van der Waals surface area (Å²) in [6, 6.07) is 3.03. The van der Waals surface area contributed by atoms with Gasteiger partial charge in [-0.15, -0.1) is 11.3 Å². The number of nitrogens with one attached hydrogen (secondary N) is 1. The Morgan fingerprint density at radius 2 is 2.44 bits per heavy atom. The molecule has 5 nitrogen and oxygen atoms in total. The highest BCUT2D eigenvalue weighted by Crippen LogP contribution is 2.13. The molecular weight excluding hydrogens is 228 g/mol. The Bertz CT molecular complexity index is 464. The van der Waals surface area contributed by atoms with E-state index in [1.54, 1.807) is 23.6 Å². The zero-order chi connectivity index (χ0) is 11.4. The number of aromatic carboxylic acids is 1. The van der Waals surface area contributed by atoms with Crippen LogP contribution in [0.4, 0.5) is 5.88 Å². The van der Waals surface area contributed by atoms with E-state index in [9.17, 15) is 4.79 Å². The number of thiazole rings is 1. The average molecular weight is 238 g/mol. The van der Waals surface area contributed by atoms with Crippen molar-refractivity contribution in [3.63, 3.8) is 0 Å². The Balaban J connectivity index is 1.83. The van der Waals surface area contributed by atoms with Crippen LogP contribution in [-0.4, -0.2) is 22.6 Å². The number of furan rings is 1. The molecule has 2 rings (SSSR count). The van der Waals surface area contributed by atoms with Gasteiger partial charge in [0.05, 0.1) is 5.01 Å². The van der Waals surface area contributed by atoms with Crippen LogP contribution in [0, 0.1) is 0 Å². The number of rotatable bonds is 5. The van der Waals surface area contributed by atoms with Crippen LogP contribution in [0.3, 0.4) is 0 Å². The fourth-order valence-electron chi connectivity index (χ4n) is 1.22. The molecule has 2 aromatic heterocycles. The summed E-state index contributed by atoms with van der Waals surface area (Å²) in [5.74, 6) is -0.654. The van der Waals surface area contributed by atoms with Gasteiger partial charge in [-0.2, -0.15) is 0 Å². The van der Waals surface area contributed by atoms with Crippen molar-refractivity contribution in [2.45, 2.75) is 6.42 Å². The molecule has 2 heterocycles. The van der Waals surface area contributed by atoms with Crippen LogP contribution in [0.2, 0.25) is 0 Å². The minimum Gasteiger partial charge on any atom is -0.475 e.